The van der Waals surface area contributed by atoms with E-state index < -0.39 is 0 Å². The van der Waals surface area contributed by atoms with Gasteiger partial charge >= 0.3 is 0 Å². The molecule has 3 rings (SSSR count). The van der Waals surface area contributed by atoms with E-state index in [1.54, 1.807) is 20.4 Å². The molecule has 1 aromatic heterocycles. The minimum atomic E-state index is 0.677. The predicted octanol–water partition coefficient (Wildman–Crippen LogP) is 1.66. The zero-order chi connectivity index (χ0) is 18.2. The summed E-state index contributed by atoms with van der Waals surface area (Å²) >= 11 is 0. The fraction of sp³-hybridized carbons (Fsp3) is 0.500. The van der Waals surface area contributed by atoms with Crippen LogP contribution in [-0.2, 0) is 4.74 Å². The first-order valence-electron chi connectivity index (χ1n) is 8.86. The number of piperazine rings is 1. The van der Waals surface area contributed by atoms with Gasteiger partial charge in [-0.25, -0.2) is 0 Å². The van der Waals surface area contributed by atoms with Gasteiger partial charge in [0.2, 0.25) is 5.95 Å². The average Bonchev–Trinajstić information content (AvgIpc) is 2.72. The molecule has 1 fully saturated rings. The van der Waals surface area contributed by atoms with Gasteiger partial charge in [-0.1, -0.05) is 0 Å². The Labute approximate surface area is 154 Å². The summed E-state index contributed by atoms with van der Waals surface area (Å²) in [6, 6.07) is 8.18. The lowest BCUT2D eigenvalue weighted by Gasteiger charge is -2.36. The third kappa shape index (κ3) is 4.72. The number of methoxy groups -OCH3 is 2. The number of rotatable bonds is 8. The molecule has 0 bridgehead atoms. The first kappa shape index (κ1) is 18.2. The second kappa shape index (κ2) is 9.19. The summed E-state index contributed by atoms with van der Waals surface area (Å²) in [5.41, 5.74) is 1.21. The van der Waals surface area contributed by atoms with Crippen molar-refractivity contribution in [3.05, 3.63) is 30.5 Å². The van der Waals surface area contributed by atoms with E-state index >= 15 is 0 Å². The first-order chi connectivity index (χ1) is 12.8. The molecule has 0 radical (unpaired) electrons. The molecular formula is C18H26N6O2. The number of ether oxygens (including phenoxy) is 2. The molecule has 140 valence electrons. The van der Waals surface area contributed by atoms with Crippen LogP contribution in [0.4, 0.5) is 17.5 Å². The van der Waals surface area contributed by atoms with E-state index in [0.717, 1.165) is 57.3 Å². The number of aromatic nitrogens is 3. The number of nitrogens with zero attached hydrogens (tertiary/aromatic N) is 5. The van der Waals surface area contributed by atoms with Crippen LogP contribution in [0.2, 0.25) is 0 Å². The number of hydrogen-bond donors (Lipinski definition) is 1. The van der Waals surface area contributed by atoms with Crippen molar-refractivity contribution in [2.45, 2.75) is 6.42 Å². The van der Waals surface area contributed by atoms with Crippen LogP contribution in [0.5, 0.6) is 5.75 Å². The van der Waals surface area contributed by atoms with Crippen LogP contribution in [-0.4, -0.2) is 68.7 Å². The number of anilines is 3. The molecule has 2 aromatic rings. The van der Waals surface area contributed by atoms with Gasteiger partial charge in [0.05, 0.1) is 13.3 Å². The van der Waals surface area contributed by atoms with Crippen LogP contribution in [0.3, 0.4) is 0 Å². The van der Waals surface area contributed by atoms with Gasteiger partial charge in [0.25, 0.3) is 0 Å². The Balaban J connectivity index is 1.54. The summed E-state index contributed by atoms with van der Waals surface area (Å²) < 4.78 is 10.3. The second-order valence-corrected chi connectivity index (χ2v) is 6.09. The topological polar surface area (TPSA) is 75.6 Å². The van der Waals surface area contributed by atoms with Crippen molar-refractivity contribution in [2.75, 3.05) is 68.7 Å². The Morgan fingerprint density at radius 3 is 2.46 bits per heavy atom. The lowest BCUT2D eigenvalue weighted by molar-refractivity contribution is 0.197. The van der Waals surface area contributed by atoms with Gasteiger partial charge in [0, 0.05) is 52.1 Å². The highest BCUT2D eigenvalue weighted by atomic mass is 16.5. The Morgan fingerprint density at radius 1 is 1.04 bits per heavy atom. The molecule has 0 atom stereocenters. The molecule has 0 amide bonds. The monoisotopic (exact) mass is 358 g/mol. The third-order valence-electron chi connectivity index (χ3n) is 4.38. The number of benzene rings is 1. The zero-order valence-electron chi connectivity index (χ0n) is 15.4. The van der Waals surface area contributed by atoms with Crippen LogP contribution < -0.4 is 19.9 Å². The minimum absolute atomic E-state index is 0.677. The van der Waals surface area contributed by atoms with Crippen LogP contribution in [0, 0.1) is 0 Å². The van der Waals surface area contributed by atoms with Gasteiger partial charge in [-0.3, -0.25) is 0 Å². The van der Waals surface area contributed by atoms with Gasteiger partial charge in [0.1, 0.15) is 5.75 Å². The van der Waals surface area contributed by atoms with E-state index in [-0.39, 0.29) is 0 Å². The Bertz CT molecular complexity index is 674. The summed E-state index contributed by atoms with van der Waals surface area (Å²) in [6.07, 6.45) is 2.58. The summed E-state index contributed by atoms with van der Waals surface area (Å²) in [4.78, 5) is 9.11. The molecule has 8 heteroatoms. The summed E-state index contributed by atoms with van der Waals surface area (Å²) in [7, 11) is 3.39. The third-order valence-corrected chi connectivity index (χ3v) is 4.38. The standard InChI is InChI=1S/C18H26N6O2/c1-25-13-3-8-19-17-14-20-22-18(21-17)24-11-9-23(10-12-24)15-4-6-16(26-2)7-5-15/h4-7,14H,3,8-13H2,1-2H3,(H,19,21,22). The van der Waals surface area contributed by atoms with Gasteiger partial charge in [-0.05, 0) is 30.7 Å². The zero-order valence-corrected chi connectivity index (χ0v) is 15.4. The van der Waals surface area contributed by atoms with Crippen molar-refractivity contribution >= 4 is 17.5 Å². The number of nitrogens with one attached hydrogen (secondary N) is 1. The maximum absolute atomic E-state index is 5.22. The highest BCUT2D eigenvalue weighted by Gasteiger charge is 2.20. The predicted molar refractivity (Wildman–Crippen MR) is 102 cm³/mol. The molecule has 26 heavy (non-hydrogen) atoms. The normalized spacial score (nSPS) is 14.4. The van der Waals surface area contributed by atoms with Crippen molar-refractivity contribution in [3.8, 4) is 5.75 Å². The Morgan fingerprint density at radius 2 is 1.77 bits per heavy atom. The highest BCUT2D eigenvalue weighted by Crippen LogP contribution is 2.21. The highest BCUT2D eigenvalue weighted by molar-refractivity contribution is 5.51. The maximum Gasteiger partial charge on any atom is 0.247 e. The van der Waals surface area contributed by atoms with Crippen LogP contribution >= 0.6 is 0 Å². The molecule has 1 aromatic carbocycles. The Hall–Kier alpha value is -2.61. The molecule has 0 aliphatic carbocycles. The van der Waals surface area contributed by atoms with E-state index in [1.165, 1.54) is 5.69 Å². The van der Waals surface area contributed by atoms with Crippen molar-refractivity contribution in [2.24, 2.45) is 0 Å². The quantitative estimate of drug-likeness (QED) is 0.714. The fourth-order valence-electron chi connectivity index (χ4n) is 2.90. The summed E-state index contributed by atoms with van der Waals surface area (Å²) in [5.74, 6) is 2.31. The molecule has 0 unspecified atom stereocenters. The maximum atomic E-state index is 5.22. The summed E-state index contributed by atoms with van der Waals surface area (Å²) in [5, 5.41) is 11.5. The van der Waals surface area contributed by atoms with Crippen molar-refractivity contribution in [1.82, 2.24) is 15.2 Å². The molecule has 1 aliphatic heterocycles. The van der Waals surface area contributed by atoms with Gasteiger partial charge < -0.3 is 24.6 Å². The van der Waals surface area contributed by atoms with E-state index in [2.05, 4.69) is 42.4 Å². The number of hydrogen-bond acceptors (Lipinski definition) is 8. The average molecular weight is 358 g/mol. The van der Waals surface area contributed by atoms with E-state index in [1.807, 2.05) is 12.1 Å². The molecule has 1 N–H and O–H groups in total. The van der Waals surface area contributed by atoms with Crippen molar-refractivity contribution in [3.63, 3.8) is 0 Å². The van der Waals surface area contributed by atoms with Crippen molar-refractivity contribution < 1.29 is 9.47 Å². The molecule has 0 saturated carbocycles. The lowest BCUT2D eigenvalue weighted by Crippen LogP contribution is -2.47. The van der Waals surface area contributed by atoms with Gasteiger partial charge in [-0.2, -0.15) is 10.1 Å². The van der Waals surface area contributed by atoms with Crippen LogP contribution in [0.1, 0.15) is 6.42 Å². The smallest absolute Gasteiger partial charge is 0.247 e. The molecule has 0 spiro atoms. The SMILES string of the molecule is COCCCNc1cnnc(N2CCN(c3ccc(OC)cc3)CC2)n1. The molecule has 2 heterocycles. The molecule has 1 saturated heterocycles. The molecular weight excluding hydrogens is 332 g/mol. The minimum Gasteiger partial charge on any atom is -0.497 e. The fourth-order valence-corrected chi connectivity index (χ4v) is 2.90. The van der Waals surface area contributed by atoms with Crippen LogP contribution in [0.15, 0.2) is 30.5 Å². The van der Waals surface area contributed by atoms with Gasteiger partial charge in [0.15, 0.2) is 5.82 Å². The van der Waals surface area contributed by atoms with E-state index in [4.69, 9.17) is 9.47 Å². The molecule has 8 nitrogen and oxygen atoms in total. The van der Waals surface area contributed by atoms with Crippen LogP contribution in [0.25, 0.3) is 0 Å². The van der Waals surface area contributed by atoms with Crippen molar-refractivity contribution in [1.29, 1.82) is 0 Å². The lowest BCUT2D eigenvalue weighted by atomic mass is 10.2. The van der Waals surface area contributed by atoms with Gasteiger partial charge in [-0.15, -0.1) is 5.10 Å². The second-order valence-electron chi connectivity index (χ2n) is 6.09. The largest absolute Gasteiger partial charge is 0.497 e. The van der Waals surface area contributed by atoms with E-state index in [0.29, 0.717) is 5.95 Å². The molecule has 1 aliphatic rings. The first-order valence-corrected chi connectivity index (χ1v) is 8.86. The summed E-state index contributed by atoms with van der Waals surface area (Å²) in [6.45, 7) is 5.09. The van der Waals surface area contributed by atoms with E-state index in [9.17, 15) is 0 Å². The Kier molecular flexibility index (Phi) is 6.43.